The van der Waals surface area contributed by atoms with Crippen molar-refractivity contribution in [2.75, 3.05) is 19.6 Å². The second kappa shape index (κ2) is 34.4. The van der Waals surface area contributed by atoms with Crippen LogP contribution in [0.3, 0.4) is 0 Å². The summed E-state index contributed by atoms with van der Waals surface area (Å²) in [5.41, 5.74) is 5.60. The van der Waals surface area contributed by atoms with Crippen molar-refractivity contribution >= 4 is 41.9 Å². The fourth-order valence-corrected chi connectivity index (χ4v) is 6.09. The van der Waals surface area contributed by atoms with Crippen LogP contribution in [0.15, 0.2) is 0 Å². The van der Waals surface area contributed by atoms with Gasteiger partial charge in [-0.05, 0) is 56.8 Å². The van der Waals surface area contributed by atoms with Crippen molar-refractivity contribution in [2.45, 2.75) is 195 Å². The van der Waals surface area contributed by atoms with Crippen molar-refractivity contribution in [3.8, 4) is 0 Å². The average molecular weight is 760 g/mol. The summed E-state index contributed by atoms with van der Waals surface area (Å²) in [5.74, 6) is -0.730. The lowest BCUT2D eigenvalue weighted by atomic mass is 10.0. The van der Waals surface area contributed by atoms with Gasteiger partial charge in [0.15, 0.2) is 0 Å². The van der Waals surface area contributed by atoms with Crippen molar-refractivity contribution in [1.29, 1.82) is 0 Å². The summed E-state index contributed by atoms with van der Waals surface area (Å²) in [4.78, 5) is 64.9. The van der Waals surface area contributed by atoms with Crippen LogP contribution in [0.2, 0.25) is 0 Å². The highest BCUT2D eigenvalue weighted by Gasteiger charge is 2.27. The predicted octanol–water partition coefficient (Wildman–Crippen LogP) is 6.60. The summed E-state index contributed by atoms with van der Waals surface area (Å²) in [5, 5.41) is 14.5. The van der Waals surface area contributed by atoms with Crippen LogP contribution in [0.5, 0.6) is 0 Å². The lowest BCUT2D eigenvalue weighted by molar-refractivity contribution is -0.132. The molecule has 0 heterocycles. The number of hydrogen-bond donors (Lipinski definition) is 6. The number of hydrogen-bond acceptors (Lipinski definition) is 6. The number of nitrogens with one attached hydrogen (secondary N) is 5. The van der Waals surface area contributed by atoms with Crippen molar-refractivity contribution in [1.82, 2.24) is 26.6 Å². The molecule has 11 nitrogen and oxygen atoms in total. The third kappa shape index (κ3) is 29.1. The quantitative estimate of drug-likeness (QED) is 0.0412. The predicted molar refractivity (Wildman–Crippen MR) is 216 cm³/mol. The largest absolute Gasteiger partial charge is 0.354 e. The Bertz CT molecular complexity index is 951. The van der Waals surface area contributed by atoms with Crippen molar-refractivity contribution < 1.29 is 24.0 Å². The molecule has 5 amide bonds. The molecule has 3 atom stereocenters. The monoisotopic (exact) mass is 759 g/mol. The number of carbonyl (C=O) groups is 5. The molecule has 0 aliphatic rings. The van der Waals surface area contributed by atoms with Crippen LogP contribution in [-0.4, -0.2) is 67.3 Å². The molecule has 0 saturated carbocycles. The Labute approximate surface area is 323 Å². The molecule has 0 spiro atoms. The maximum Gasteiger partial charge on any atom is 0.243 e. The Morgan fingerprint density at radius 1 is 0.481 bits per heavy atom. The van der Waals surface area contributed by atoms with E-state index in [9.17, 15) is 24.0 Å². The molecule has 3 unspecified atom stereocenters. The first-order valence-corrected chi connectivity index (χ1v) is 20.6. The Morgan fingerprint density at radius 3 is 1.33 bits per heavy atom. The van der Waals surface area contributed by atoms with Crippen molar-refractivity contribution in [2.24, 2.45) is 17.6 Å². The molecule has 306 valence electrons. The van der Waals surface area contributed by atoms with E-state index in [1.54, 1.807) is 0 Å². The zero-order chi connectivity index (χ0) is 38.3. The highest BCUT2D eigenvalue weighted by atomic mass is 35.5. The zero-order valence-corrected chi connectivity index (χ0v) is 34.7. The van der Waals surface area contributed by atoms with Crippen LogP contribution < -0.4 is 32.3 Å². The van der Waals surface area contributed by atoms with Gasteiger partial charge in [-0.1, -0.05) is 119 Å². The smallest absolute Gasteiger partial charge is 0.243 e. The number of unbranched alkanes of at least 4 members (excludes halogenated alkanes) is 13. The van der Waals surface area contributed by atoms with Gasteiger partial charge in [0.1, 0.15) is 18.1 Å². The van der Waals surface area contributed by atoms with E-state index >= 15 is 0 Å². The highest BCUT2D eigenvalue weighted by molar-refractivity contribution is 5.92. The van der Waals surface area contributed by atoms with Crippen molar-refractivity contribution in [3.63, 3.8) is 0 Å². The number of rotatable bonds is 33. The molecule has 7 N–H and O–H groups in total. The van der Waals surface area contributed by atoms with Crippen LogP contribution in [-0.2, 0) is 24.0 Å². The molecule has 0 aromatic rings. The second-order valence-corrected chi connectivity index (χ2v) is 15.2. The molecule has 52 heavy (non-hydrogen) atoms. The van der Waals surface area contributed by atoms with Crippen LogP contribution in [0, 0.1) is 11.8 Å². The Balaban J connectivity index is 0. The topological polar surface area (TPSA) is 172 Å². The lowest BCUT2D eigenvalue weighted by Gasteiger charge is -2.24. The molecule has 0 bridgehead atoms. The van der Waals surface area contributed by atoms with E-state index in [1.807, 2.05) is 27.7 Å². The number of halogens is 1. The third-order valence-electron chi connectivity index (χ3n) is 9.03. The summed E-state index contributed by atoms with van der Waals surface area (Å²) in [7, 11) is 0. The summed E-state index contributed by atoms with van der Waals surface area (Å²) >= 11 is 0. The van der Waals surface area contributed by atoms with Crippen molar-refractivity contribution in [3.05, 3.63) is 0 Å². The van der Waals surface area contributed by atoms with Crippen LogP contribution in [0.4, 0.5) is 0 Å². The van der Waals surface area contributed by atoms with Gasteiger partial charge in [-0.25, -0.2) is 0 Å². The maximum absolute atomic E-state index is 13.4. The van der Waals surface area contributed by atoms with E-state index < -0.39 is 18.1 Å². The summed E-state index contributed by atoms with van der Waals surface area (Å²) < 4.78 is 0. The van der Waals surface area contributed by atoms with E-state index in [2.05, 4.69) is 40.4 Å². The van der Waals surface area contributed by atoms with Gasteiger partial charge in [-0.15, -0.1) is 12.4 Å². The summed E-state index contributed by atoms with van der Waals surface area (Å²) in [6, 6.07) is -2.12. The minimum absolute atomic E-state index is 0. The molecule has 0 aliphatic carbocycles. The highest BCUT2D eigenvalue weighted by Crippen LogP contribution is 2.12. The first-order valence-electron chi connectivity index (χ1n) is 20.6. The molecule has 12 heteroatoms. The lowest BCUT2D eigenvalue weighted by Crippen LogP contribution is -2.54. The van der Waals surface area contributed by atoms with Gasteiger partial charge in [0.25, 0.3) is 0 Å². The van der Waals surface area contributed by atoms with Gasteiger partial charge in [0.2, 0.25) is 29.5 Å². The van der Waals surface area contributed by atoms with Crippen LogP contribution >= 0.6 is 12.4 Å². The minimum Gasteiger partial charge on any atom is -0.354 e. The Hall–Kier alpha value is -2.40. The standard InChI is InChI=1S/C40H78N6O5.ClH/c1-7-9-11-13-15-17-19-24-36(47)44-34(29-31(3)4)39(50)42-27-22-21-23-33(38(49)43-28-26-41)46-40(51)35(30-32(5)6)45-37(48)25-20-18-16-14-12-10-8-2;/h31-35H,7-30,41H2,1-6H3,(H,42,50)(H,43,49)(H,44,47)(H,45,48)(H,46,51);1H. The Kier molecular flexibility index (Phi) is 34.2. The van der Waals surface area contributed by atoms with E-state index in [4.69, 9.17) is 5.73 Å². The maximum atomic E-state index is 13.4. The molecule has 0 aromatic heterocycles. The first kappa shape index (κ1) is 51.7. The molecular formula is C40H79ClN6O5. The average Bonchev–Trinajstić information content (AvgIpc) is 3.07. The molecule has 0 fully saturated rings. The van der Waals surface area contributed by atoms with E-state index in [0.29, 0.717) is 51.5 Å². The van der Waals surface area contributed by atoms with Gasteiger partial charge in [0, 0.05) is 32.5 Å². The summed E-state index contributed by atoms with van der Waals surface area (Å²) in [6.07, 6.45) is 19.0. The zero-order valence-electron chi connectivity index (χ0n) is 33.9. The SMILES string of the molecule is CCCCCCCCCC(=O)NC(CC(C)C)C(=O)NCCCCC(NC(=O)C(CC(C)C)NC(=O)CCCCCCCCC)C(=O)NCCN.Cl. The molecular weight excluding hydrogens is 680 g/mol. The normalized spacial score (nSPS) is 12.8. The molecule has 0 aliphatic heterocycles. The fraction of sp³-hybridized carbons (Fsp3) is 0.875. The molecule has 0 saturated heterocycles. The number of nitrogens with two attached hydrogens (primary N) is 1. The summed E-state index contributed by atoms with van der Waals surface area (Å²) in [6.45, 7) is 13.4. The molecule has 0 rings (SSSR count). The van der Waals surface area contributed by atoms with E-state index in [1.165, 1.54) is 51.4 Å². The van der Waals surface area contributed by atoms with Gasteiger partial charge < -0.3 is 32.3 Å². The van der Waals surface area contributed by atoms with Crippen LogP contribution in [0.1, 0.15) is 176 Å². The van der Waals surface area contributed by atoms with Gasteiger partial charge in [0.05, 0.1) is 0 Å². The third-order valence-corrected chi connectivity index (χ3v) is 9.03. The van der Waals surface area contributed by atoms with Gasteiger partial charge in [-0.2, -0.15) is 0 Å². The van der Waals surface area contributed by atoms with Gasteiger partial charge in [-0.3, -0.25) is 24.0 Å². The minimum atomic E-state index is -0.797. The number of carbonyl (C=O) groups excluding carboxylic acids is 5. The van der Waals surface area contributed by atoms with Gasteiger partial charge >= 0.3 is 0 Å². The fourth-order valence-electron chi connectivity index (χ4n) is 6.09. The Morgan fingerprint density at radius 2 is 0.885 bits per heavy atom. The van der Waals surface area contributed by atoms with E-state index in [-0.39, 0.29) is 66.9 Å². The number of amides is 5. The van der Waals surface area contributed by atoms with E-state index in [0.717, 1.165) is 38.5 Å². The molecule has 0 aromatic carbocycles. The second-order valence-electron chi connectivity index (χ2n) is 15.2. The first-order chi connectivity index (χ1) is 24.4. The van der Waals surface area contributed by atoms with Crippen LogP contribution in [0.25, 0.3) is 0 Å². The molecule has 0 radical (unpaired) electrons.